The molecule has 0 amide bonds. The lowest BCUT2D eigenvalue weighted by atomic mass is 10.3. The molecule has 0 aromatic heterocycles. The van der Waals surface area contributed by atoms with Gasteiger partial charge in [0.1, 0.15) is 17.2 Å². The van der Waals surface area contributed by atoms with Crippen molar-refractivity contribution in [2.24, 2.45) is 0 Å². The minimum absolute atomic E-state index is 0.146. The summed E-state index contributed by atoms with van der Waals surface area (Å²) in [6.45, 7) is 4.60. The Morgan fingerprint density at radius 2 is 1.27 bits per heavy atom. The quantitative estimate of drug-likeness (QED) is 0.528. The molecular weight excluding hydrogens is 200 g/mol. The zero-order valence-electron chi connectivity index (χ0n) is 8.14. The number of hydrogen-bond donors (Lipinski definition) is 4. The van der Waals surface area contributed by atoms with Crippen LogP contribution in [-0.2, 0) is 4.79 Å². The summed E-state index contributed by atoms with van der Waals surface area (Å²) in [4.78, 5) is 9.60. The Labute approximate surface area is 86.5 Å². The fourth-order valence-corrected chi connectivity index (χ4v) is 0.580. The van der Waals surface area contributed by atoms with Crippen molar-refractivity contribution in [3.05, 3.63) is 30.4 Å². The number of aliphatic carboxylic acids is 1. The molecule has 0 aliphatic carbocycles. The van der Waals surface area contributed by atoms with E-state index in [9.17, 15) is 4.79 Å². The molecule has 1 rings (SSSR count). The topological polar surface area (TPSA) is 98.0 Å². The van der Waals surface area contributed by atoms with Gasteiger partial charge in [-0.1, -0.05) is 6.58 Å². The van der Waals surface area contributed by atoms with Gasteiger partial charge in [-0.3, -0.25) is 0 Å². The summed E-state index contributed by atoms with van der Waals surface area (Å²) in [7, 11) is 0. The Kier molecular flexibility index (Phi) is 4.74. The minimum Gasteiger partial charge on any atom is -0.508 e. The maximum Gasteiger partial charge on any atom is 0.330 e. The number of hydrogen-bond acceptors (Lipinski definition) is 4. The lowest BCUT2D eigenvalue weighted by Crippen LogP contribution is -1.92. The summed E-state index contributed by atoms with van der Waals surface area (Å²) in [5, 5.41) is 33.9. The highest BCUT2D eigenvalue weighted by molar-refractivity contribution is 5.84. The molecule has 15 heavy (non-hydrogen) atoms. The molecular formula is C10H12O5. The van der Waals surface area contributed by atoms with Gasteiger partial charge in [-0.15, -0.1) is 0 Å². The highest BCUT2D eigenvalue weighted by Crippen LogP contribution is 2.23. The molecule has 0 fully saturated rings. The van der Waals surface area contributed by atoms with E-state index in [1.807, 2.05) is 0 Å². The molecule has 4 N–H and O–H groups in total. The van der Waals surface area contributed by atoms with Crippen LogP contribution in [0.3, 0.4) is 0 Å². The van der Waals surface area contributed by atoms with E-state index >= 15 is 0 Å². The number of carboxylic acids is 1. The normalized spacial score (nSPS) is 8.60. The van der Waals surface area contributed by atoms with Crippen LogP contribution in [0.2, 0.25) is 0 Å². The van der Waals surface area contributed by atoms with E-state index in [4.69, 9.17) is 20.4 Å². The maximum atomic E-state index is 9.60. The van der Waals surface area contributed by atoms with Gasteiger partial charge in [-0.05, 0) is 6.92 Å². The van der Waals surface area contributed by atoms with E-state index in [0.29, 0.717) is 0 Å². The number of phenols is 3. The molecule has 0 atom stereocenters. The molecule has 0 spiro atoms. The zero-order valence-corrected chi connectivity index (χ0v) is 8.14. The monoisotopic (exact) mass is 212 g/mol. The number of carboxylic acid groups (broad SMARTS) is 1. The van der Waals surface area contributed by atoms with Crippen molar-refractivity contribution in [1.29, 1.82) is 0 Å². The van der Waals surface area contributed by atoms with Crippen LogP contribution in [0.25, 0.3) is 0 Å². The SMILES string of the molecule is C=C(C)C(=O)O.Oc1cc(O)cc(O)c1. The number of benzene rings is 1. The van der Waals surface area contributed by atoms with Gasteiger partial charge in [-0.2, -0.15) is 0 Å². The van der Waals surface area contributed by atoms with Gasteiger partial charge in [0.2, 0.25) is 0 Å². The molecule has 5 heteroatoms. The average Bonchev–Trinajstić information content (AvgIpc) is 2.01. The molecule has 0 aliphatic heterocycles. The van der Waals surface area contributed by atoms with Gasteiger partial charge in [0.05, 0.1) is 0 Å². The Hall–Kier alpha value is -2.17. The summed E-state index contributed by atoms with van der Waals surface area (Å²) in [5.41, 5.74) is 0.176. The van der Waals surface area contributed by atoms with Crippen LogP contribution in [0.15, 0.2) is 30.4 Å². The van der Waals surface area contributed by atoms with E-state index < -0.39 is 5.97 Å². The molecule has 82 valence electrons. The molecule has 1 aromatic carbocycles. The summed E-state index contributed by atoms with van der Waals surface area (Å²) >= 11 is 0. The van der Waals surface area contributed by atoms with Crippen LogP contribution in [0.4, 0.5) is 0 Å². The molecule has 1 aromatic rings. The van der Waals surface area contributed by atoms with Crippen LogP contribution in [0, 0.1) is 0 Å². The van der Waals surface area contributed by atoms with Crippen LogP contribution >= 0.6 is 0 Å². The zero-order chi connectivity index (χ0) is 12.0. The number of aromatic hydroxyl groups is 3. The highest BCUT2D eigenvalue weighted by Gasteiger charge is 1.94. The maximum absolute atomic E-state index is 9.60. The minimum atomic E-state index is -0.935. The van der Waals surface area contributed by atoms with Crippen molar-refractivity contribution >= 4 is 5.97 Å². The highest BCUT2D eigenvalue weighted by atomic mass is 16.4. The lowest BCUT2D eigenvalue weighted by molar-refractivity contribution is -0.132. The molecule has 0 unspecified atom stereocenters. The van der Waals surface area contributed by atoms with Gasteiger partial charge in [-0.25, -0.2) is 4.79 Å². The third-order valence-corrected chi connectivity index (χ3v) is 1.25. The summed E-state index contributed by atoms with van der Waals surface area (Å²) in [5.74, 6) is -1.37. The first kappa shape index (κ1) is 12.8. The molecule has 0 aliphatic rings. The second-order valence-electron chi connectivity index (χ2n) is 2.79. The molecule has 0 heterocycles. The van der Waals surface area contributed by atoms with Crippen LogP contribution in [0.5, 0.6) is 17.2 Å². The van der Waals surface area contributed by atoms with Crippen molar-refractivity contribution in [3.63, 3.8) is 0 Å². The van der Waals surface area contributed by atoms with Crippen molar-refractivity contribution < 1.29 is 25.2 Å². The van der Waals surface area contributed by atoms with Crippen molar-refractivity contribution in [1.82, 2.24) is 0 Å². The Morgan fingerprint density at radius 1 is 1.07 bits per heavy atom. The Morgan fingerprint density at radius 3 is 1.40 bits per heavy atom. The predicted octanol–water partition coefficient (Wildman–Crippen LogP) is 1.45. The first-order chi connectivity index (χ1) is 6.82. The molecule has 5 nitrogen and oxygen atoms in total. The third kappa shape index (κ3) is 5.98. The van der Waals surface area contributed by atoms with E-state index in [2.05, 4.69) is 6.58 Å². The standard InChI is InChI=1S/C6H6O3.C4H6O2/c7-4-1-5(8)3-6(9)2-4;1-3(2)4(5)6/h1-3,7-9H;1H2,2H3,(H,5,6). The van der Waals surface area contributed by atoms with Crippen LogP contribution in [0.1, 0.15) is 6.92 Å². The summed E-state index contributed by atoms with van der Waals surface area (Å²) < 4.78 is 0. The second-order valence-corrected chi connectivity index (χ2v) is 2.79. The molecule has 0 radical (unpaired) electrons. The Balaban J connectivity index is 0.000000288. The van der Waals surface area contributed by atoms with Gasteiger partial charge in [0, 0.05) is 23.8 Å². The first-order valence-electron chi connectivity index (χ1n) is 3.93. The van der Waals surface area contributed by atoms with E-state index in [1.165, 1.54) is 6.92 Å². The largest absolute Gasteiger partial charge is 0.508 e. The number of carbonyl (C=O) groups is 1. The smallest absolute Gasteiger partial charge is 0.330 e. The number of phenolic OH excluding ortho intramolecular Hbond substituents is 3. The number of rotatable bonds is 1. The molecule has 0 saturated carbocycles. The van der Waals surface area contributed by atoms with Gasteiger partial charge >= 0.3 is 5.97 Å². The van der Waals surface area contributed by atoms with Crippen LogP contribution in [-0.4, -0.2) is 26.4 Å². The second kappa shape index (κ2) is 5.54. The van der Waals surface area contributed by atoms with Gasteiger partial charge < -0.3 is 20.4 Å². The van der Waals surface area contributed by atoms with Crippen LogP contribution < -0.4 is 0 Å². The van der Waals surface area contributed by atoms with E-state index in [-0.39, 0.29) is 22.8 Å². The van der Waals surface area contributed by atoms with E-state index in [1.54, 1.807) is 0 Å². The summed E-state index contributed by atoms with van der Waals surface area (Å²) in [6, 6.07) is 3.42. The fraction of sp³-hybridized carbons (Fsp3) is 0.100. The van der Waals surface area contributed by atoms with Crippen molar-refractivity contribution in [2.45, 2.75) is 6.92 Å². The first-order valence-corrected chi connectivity index (χ1v) is 3.93. The molecule has 0 bridgehead atoms. The van der Waals surface area contributed by atoms with Gasteiger partial charge in [0.25, 0.3) is 0 Å². The average molecular weight is 212 g/mol. The van der Waals surface area contributed by atoms with Crippen molar-refractivity contribution in [3.8, 4) is 17.2 Å². The molecule has 0 saturated heterocycles. The predicted molar refractivity (Wildman–Crippen MR) is 53.9 cm³/mol. The fourth-order valence-electron chi connectivity index (χ4n) is 0.580. The third-order valence-electron chi connectivity index (χ3n) is 1.25. The lowest BCUT2D eigenvalue weighted by Gasteiger charge is -1.94. The van der Waals surface area contributed by atoms with Gasteiger partial charge in [0.15, 0.2) is 0 Å². The van der Waals surface area contributed by atoms with Crippen molar-refractivity contribution in [2.75, 3.05) is 0 Å². The van der Waals surface area contributed by atoms with E-state index in [0.717, 1.165) is 18.2 Å². The Bertz CT molecular complexity index is 308. The summed E-state index contributed by atoms with van der Waals surface area (Å²) in [6.07, 6.45) is 0.